The summed E-state index contributed by atoms with van der Waals surface area (Å²) in [4.78, 5) is 2.79. The summed E-state index contributed by atoms with van der Waals surface area (Å²) in [5, 5.41) is 3.72. The highest BCUT2D eigenvalue weighted by molar-refractivity contribution is 7.99. The van der Waals surface area contributed by atoms with Crippen LogP contribution in [0.1, 0.15) is 39.0 Å². The van der Waals surface area contributed by atoms with Crippen LogP contribution in [0.4, 0.5) is 0 Å². The Hall–Kier alpha value is 0.01000. The third-order valence-electron chi connectivity index (χ3n) is 4.30. The maximum absolute atomic E-state index is 3.78. The van der Waals surface area contributed by atoms with E-state index in [0.717, 1.165) is 23.9 Å². The molecule has 2 saturated heterocycles. The molecule has 0 radical (unpaired) electrons. The van der Waals surface area contributed by atoms with Gasteiger partial charge in [-0.1, -0.05) is 13.0 Å². The lowest BCUT2D eigenvalue weighted by molar-refractivity contribution is 0.125. The van der Waals surface area contributed by atoms with Crippen LogP contribution in [0.15, 0.2) is 12.7 Å². The van der Waals surface area contributed by atoms with Crippen LogP contribution in [0.25, 0.3) is 0 Å². The van der Waals surface area contributed by atoms with E-state index in [9.17, 15) is 0 Å². The third-order valence-corrected chi connectivity index (χ3v) is 5.24. The number of nitrogens with zero attached hydrogens (tertiary/aromatic N) is 1. The predicted molar refractivity (Wildman–Crippen MR) is 82.4 cm³/mol. The first-order valence-electron chi connectivity index (χ1n) is 7.53. The first-order chi connectivity index (χ1) is 8.85. The summed E-state index contributed by atoms with van der Waals surface area (Å²) in [5.41, 5.74) is 0. The fourth-order valence-electron chi connectivity index (χ4n) is 3.49. The van der Waals surface area contributed by atoms with Gasteiger partial charge in [-0.25, -0.2) is 0 Å². The Bertz CT molecular complexity index is 243. The number of hydrogen-bond donors (Lipinski definition) is 1. The minimum atomic E-state index is 0.791. The SMILES string of the molecule is C=CCSCCN1C2CCC1CC(NCCC)C2. The number of fused-ring (bicyclic) bond motifs is 2. The summed E-state index contributed by atoms with van der Waals surface area (Å²) in [7, 11) is 0. The molecule has 0 saturated carbocycles. The highest BCUT2D eigenvalue weighted by Gasteiger charge is 2.39. The molecule has 18 heavy (non-hydrogen) atoms. The molecule has 3 heteroatoms. The molecule has 2 bridgehead atoms. The molecule has 0 amide bonds. The first kappa shape index (κ1) is 14.4. The Labute approximate surface area is 117 Å². The van der Waals surface area contributed by atoms with Crippen LogP contribution in [-0.2, 0) is 0 Å². The van der Waals surface area contributed by atoms with Crippen molar-refractivity contribution in [2.24, 2.45) is 0 Å². The molecule has 2 aliphatic heterocycles. The van der Waals surface area contributed by atoms with Gasteiger partial charge in [0.1, 0.15) is 0 Å². The van der Waals surface area contributed by atoms with Crippen molar-refractivity contribution in [3.63, 3.8) is 0 Å². The molecule has 1 N–H and O–H groups in total. The van der Waals surface area contributed by atoms with Crippen molar-refractivity contribution in [3.05, 3.63) is 12.7 Å². The van der Waals surface area contributed by atoms with Crippen LogP contribution in [0.5, 0.6) is 0 Å². The highest BCUT2D eigenvalue weighted by atomic mass is 32.2. The smallest absolute Gasteiger partial charge is 0.0114 e. The van der Waals surface area contributed by atoms with Crippen molar-refractivity contribution >= 4 is 11.8 Å². The fourth-order valence-corrected chi connectivity index (χ4v) is 4.16. The molecule has 2 unspecified atom stereocenters. The van der Waals surface area contributed by atoms with Crippen molar-refractivity contribution in [2.75, 3.05) is 24.6 Å². The lowest BCUT2D eigenvalue weighted by Gasteiger charge is -2.39. The van der Waals surface area contributed by atoms with E-state index < -0.39 is 0 Å². The zero-order chi connectivity index (χ0) is 12.8. The molecular weight excluding hydrogens is 240 g/mol. The van der Waals surface area contributed by atoms with Crippen LogP contribution in [-0.4, -0.2) is 47.6 Å². The number of nitrogens with one attached hydrogen (secondary N) is 1. The van der Waals surface area contributed by atoms with Crippen LogP contribution < -0.4 is 5.32 Å². The maximum Gasteiger partial charge on any atom is 0.0114 e. The average Bonchev–Trinajstić information content (AvgIpc) is 2.62. The zero-order valence-electron chi connectivity index (χ0n) is 11.7. The summed E-state index contributed by atoms with van der Waals surface area (Å²) >= 11 is 2.02. The lowest BCUT2D eigenvalue weighted by atomic mass is 9.97. The molecule has 0 aromatic carbocycles. The van der Waals surface area contributed by atoms with E-state index in [1.54, 1.807) is 0 Å². The lowest BCUT2D eigenvalue weighted by Crippen LogP contribution is -2.49. The first-order valence-corrected chi connectivity index (χ1v) is 8.68. The van der Waals surface area contributed by atoms with E-state index in [1.807, 2.05) is 17.8 Å². The molecule has 2 nitrogen and oxygen atoms in total. The molecule has 2 aliphatic rings. The number of thioether (sulfide) groups is 1. The van der Waals surface area contributed by atoms with E-state index in [1.165, 1.54) is 50.9 Å². The van der Waals surface area contributed by atoms with Gasteiger partial charge in [-0.15, -0.1) is 6.58 Å². The van der Waals surface area contributed by atoms with Crippen LogP contribution in [0.2, 0.25) is 0 Å². The van der Waals surface area contributed by atoms with E-state index in [-0.39, 0.29) is 0 Å². The predicted octanol–water partition coefficient (Wildman–Crippen LogP) is 2.90. The van der Waals surface area contributed by atoms with E-state index in [2.05, 4.69) is 23.7 Å². The van der Waals surface area contributed by atoms with Gasteiger partial charge in [-0.05, 0) is 38.6 Å². The summed E-state index contributed by atoms with van der Waals surface area (Å²) in [6.45, 7) is 8.52. The standard InChI is InChI=1S/C15H28N2S/c1-3-7-16-13-11-14-5-6-15(12-13)17(14)8-10-18-9-4-2/h4,13-16H,2-3,5-12H2,1H3. The number of rotatable bonds is 8. The van der Waals surface area contributed by atoms with Crippen molar-refractivity contribution in [1.82, 2.24) is 10.2 Å². The highest BCUT2D eigenvalue weighted by Crippen LogP contribution is 2.35. The van der Waals surface area contributed by atoms with Gasteiger partial charge in [0.05, 0.1) is 0 Å². The number of piperidine rings is 1. The molecule has 0 aromatic heterocycles. The second-order valence-corrected chi connectivity index (χ2v) is 6.76. The van der Waals surface area contributed by atoms with Crippen molar-refractivity contribution in [2.45, 2.75) is 57.2 Å². The molecule has 2 atom stereocenters. The Kier molecular flexibility index (Phi) is 6.06. The second kappa shape index (κ2) is 7.56. The number of hydrogen-bond acceptors (Lipinski definition) is 3. The molecule has 0 aliphatic carbocycles. The minimum absolute atomic E-state index is 0.791. The average molecular weight is 268 g/mol. The van der Waals surface area contributed by atoms with Crippen LogP contribution in [0.3, 0.4) is 0 Å². The normalized spacial score (nSPS) is 31.7. The van der Waals surface area contributed by atoms with Gasteiger partial charge in [0.25, 0.3) is 0 Å². The summed E-state index contributed by atoms with van der Waals surface area (Å²) in [6, 6.07) is 2.52. The fraction of sp³-hybridized carbons (Fsp3) is 0.867. The van der Waals surface area contributed by atoms with E-state index >= 15 is 0 Å². The molecular formula is C15H28N2S. The van der Waals surface area contributed by atoms with Gasteiger partial charge in [-0.2, -0.15) is 11.8 Å². The Morgan fingerprint density at radius 1 is 1.33 bits per heavy atom. The Morgan fingerprint density at radius 2 is 2.06 bits per heavy atom. The Morgan fingerprint density at radius 3 is 2.67 bits per heavy atom. The van der Waals surface area contributed by atoms with Crippen molar-refractivity contribution in [1.29, 1.82) is 0 Å². The summed E-state index contributed by atoms with van der Waals surface area (Å²) in [5.74, 6) is 2.37. The monoisotopic (exact) mass is 268 g/mol. The largest absolute Gasteiger partial charge is 0.314 e. The van der Waals surface area contributed by atoms with E-state index in [4.69, 9.17) is 0 Å². The Balaban J connectivity index is 1.73. The minimum Gasteiger partial charge on any atom is -0.314 e. The summed E-state index contributed by atoms with van der Waals surface area (Å²) < 4.78 is 0. The summed E-state index contributed by atoms with van der Waals surface area (Å²) in [6.07, 6.45) is 8.89. The molecule has 2 heterocycles. The molecule has 0 spiro atoms. The quantitative estimate of drug-likeness (QED) is 0.538. The molecule has 2 fully saturated rings. The molecule has 0 aromatic rings. The van der Waals surface area contributed by atoms with Crippen molar-refractivity contribution in [3.8, 4) is 0 Å². The van der Waals surface area contributed by atoms with Gasteiger partial charge in [0.2, 0.25) is 0 Å². The maximum atomic E-state index is 3.78. The molecule has 104 valence electrons. The topological polar surface area (TPSA) is 15.3 Å². The van der Waals surface area contributed by atoms with Gasteiger partial charge in [0, 0.05) is 36.2 Å². The second-order valence-electron chi connectivity index (χ2n) is 5.61. The van der Waals surface area contributed by atoms with E-state index in [0.29, 0.717) is 0 Å². The molecule has 2 rings (SSSR count). The van der Waals surface area contributed by atoms with Crippen LogP contribution in [0, 0.1) is 0 Å². The van der Waals surface area contributed by atoms with Gasteiger partial charge in [0.15, 0.2) is 0 Å². The van der Waals surface area contributed by atoms with Gasteiger partial charge >= 0.3 is 0 Å². The van der Waals surface area contributed by atoms with Gasteiger partial charge < -0.3 is 5.32 Å². The van der Waals surface area contributed by atoms with Crippen molar-refractivity contribution < 1.29 is 0 Å². The van der Waals surface area contributed by atoms with Crippen LogP contribution >= 0.6 is 11.8 Å². The zero-order valence-corrected chi connectivity index (χ0v) is 12.6. The van der Waals surface area contributed by atoms with Gasteiger partial charge in [-0.3, -0.25) is 4.90 Å². The third kappa shape index (κ3) is 3.75.